The third-order valence-corrected chi connectivity index (χ3v) is 3.82. The van der Waals surface area contributed by atoms with Gasteiger partial charge in [-0.05, 0) is 24.6 Å². The number of hydrogen-bond donors (Lipinski definition) is 2. The Morgan fingerprint density at radius 2 is 2.17 bits per heavy atom. The van der Waals surface area contributed by atoms with Gasteiger partial charge in [-0.1, -0.05) is 20.8 Å². The number of amides is 1. The van der Waals surface area contributed by atoms with Crippen molar-refractivity contribution in [1.29, 1.82) is 0 Å². The number of carbonyl (C=O) groups excluding carboxylic acids is 1. The Labute approximate surface area is 135 Å². The van der Waals surface area contributed by atoms with Gasteiger partial charge in [-0.3, -0.25) is 4.79 Å². The van der Waals surface area contributed by atoms with Gasteiger partial charge in [-0.2, -0.15) is 5.10 Å². The van der Waals surface area contributed by atoms with Crippen molar-refractivity contribution in [1.82, 2.24) is 5.43 Å². The van der Waals surface area contributed by atoms with Gasteiger partial charge in [0.15, 0.2) is 11.6 Å². The Balaban J connectivity index is 2.25. The number of rotatable bonds is 5. The highest BCUT2D eigenvalue weighted by atomic mass is 19.1. The molecule has 1 aromatic rings. The highest BCUT2D eigenvalue weighted by Gasteiger charge is 2.24. The van der Waals surface area contributed by atoms with Crippen LogP contribution in [0, 0.1) is 24.1 Å². The zero-order chi connectivity index (χ0) is 17.2. The maximum Gasteiger partial charge on any atom is 0.240 e. The van der Waals surface area contributed by atoms with Crippen LogP contribution in [0.4, 0.5) is 4.39 Å². The summed E-state index contributed by atoms with van der Waals surface area (Å²) in [7, 11) is 0. The monoisotopic (exact) mass is 322 g/mol. The molecule has 0 saturated heterocycles. The average molecular weight is 322 g/mol. The molecule has 0 spiro atoms. The van der Waals surface area contributed by atoms with Crippen molar-refractivity contribution in [3.8, 4) is 5.75 Å². The van der Waals surface area contributed by atoms with Gasteiger partial charge in [0.2, 0.25) is 5.91 Å². The van der Waals surface area contributed by atoms with Crippen molar-refractivity contribution < 1.29 is 19.0 Å². The second kappa shape index (κ2) is 6.66. The number of nitrogens with one attached hydrogen (secondary N) is 1. The molecular weight excluding hydrogens is 299 g/mol. The van der Waals surface area contributed by atoms with E-state index < -0.39 is 11.2 Å². The van der Waals surface area contributed by atoms with E-state index in [0.717, 1.165) is 0 Å². The number of nitrogens with zero attached hydrogens (tertiary/aromatic N) is 1. The first-order chi connectivity index (χ1) is 10.7. The standard InChI is InChI=1S/C17H23FN2O3/c1-10-6-14(22)19-20-15(10)12-5-11(2)16(13(18)7-12)23-9-17(3,4)8-21/h5,7,10,21H,6,8-9H2,1-4H3,(H,19,22)/t10-/m1/s1. The quantitative estimate of drug-likeness (QED) is 0.874. The molecule has 2 N–H and O–H groups in total. The van der Waals surface area contributed by atoms with Crippen molar-refractivity contribution in [2.24, 2.45) is 16.4 Å². The first-order valence-corrected chi connectivity index (χ1v) is 7.64. The Hall–Kier alpha value is -1.95. The van der Waals surface area contributed by atoms with Crippen molar-refractivity contribution in [3.63, 3.8) is 0 Å². The summed E-state index contributed by atoms with van der Waals surface area (Å²) in [6.45, 7) is 7.51. The van der Waals surface area contributed by atoms with Gasteiger partial charge in [0.1, 0.15) is 0 Å². The highest BCUT2D eigenvalue weighted by molar-refractivity contribution is 6.05. The lowest BCUT2D eigenvalue weighted by atomic mass is 9.93. The van der Waals surface area contributed by atoms with Gasteiger partial charge in [0.25, 0.3) is 0 Å². The normalized spacial score (nSPS) is 18.4. The average Bonchev–Trinajstić information content (AvgIpc) is 2.46. The van der Waals surface area contributed by atoms with Crippen molar-refractivity contribution >= 4 is 11.6 Å². The molecule has 1 heterocycles. The maximum atomic E-state index is 14.4. The molecule has 1 aliphatic rings. The van der Waals surface area contributed by atoms with Crippen molar-refractivity contribution in [3.05, 3.63) is 29.1 Å². The van der Waals surface area contributed by atoms with Crippen LogP contribution in [-0.4, -0.2) is 29.9 Å². The Morgan fingerprint density at radius 3 is 2.74 bits per heavy atom. The van der Waals surface area contributed by atoms with E-state index in [1.54, 1.807) is 13.0 Å². The molecule has 6 heteroatoms. The summed E-state index contributed by atoms with van der Waals surface area (Å²) >= 11 is 0. The van der Waals surface area contributed by atoms with Crippen LogP contribution in [0.1, 0.15) is 38.3 Å². The summed E-state index contributed by atoms with van der Waals surface area (Å²) in [4.78, 5) is 11.3. The van der Waals surface area contributed by atoms with Crippen LogP contribution in [0.3, 0.4) is 0 Å². The smallest absolute Gasteiger partial charge is 0.240 e. The van der Waals surface area contributed by atoms with Crippen LogP contribution in [0.5, 0.6) is 5.75 Å². The summed E-state index contributed by atoms with van der Waals surface area (Å²) in [6, 6.07) is 3.18. The van der Waals surface area contributed by atoms with E-state index in [4.69, 9.17) is 4.74 Å². The van der Waals surface area contributed by atoms with Crippen LogP contribution in [0.2, 0.25) is 0 Å². The number of ether oxygens (including phenoxy) is 1. The second-order valence-corrected chi connectivity index (χ2v) is 6.85. The molecular formula is C17H23FN2O3. The van der Waals surface area contributed by atoms with E-state index in [9.17, 15) is 14.3 Å². The van der Waals surface area contributed by atoms with E-state index >= 15 is 0 Å². The number of aliphatic hydroxyl groups is 1. The summed E-state index contributed by atoms with van der Waals surface area (Å²) < 4.78 is 20.0. The number of halogens is 1. The molecule has 1 atom stereocenters. The maximum absolute atomic E-state index is 14.4. The molecule has 126 valence electrons. The molecule has 0 saturated carbocycles. The van der Waals surface area contributed by atoms with E-state index in [2.05, 4.69) is 10.5 Å². The summed E-state index contributed by atoms with van der Waals surface area (Å²) in [5.74, 6) is -0.490. The van der Waals surface area contributed by atoms with Gasteiger partial charge >= 0.3 is 0 Å². The molecule has 0 unspecified atom stereocenters. The summed E-state index contributed by atoms with van der Waals surface area (Å²) in [5, 5.41) is 13.3. The first kappa shape index (κ1) is 17.4. The lowest BCUT2D eigenvalue weighted by Crippen LogP contribution is -2.32. The SMILES string of the molecule is Cc1cc(C2=NNC(=O)C[C@H]2C)cc(F)c1OCC(C)(C)CO. The summed E-state index contributed by atoms with van der Waals surface area (Å²) in [5.41, 5.74) is 3.95. The minimum absolute atomic E-state index is 0.0419. The molecule has 0 bridgehead atoms. The van der Waals surface area contributed by atoms with E-state index in [0.29, 0.717) is 23.3 Å². The molecule has 0 aromatic heterocycles. The van der Waals surface area contributed by atoms with Crippen LogP contribution >= 0.6 is 0 Å². The van der Waals surface area contributed by atoms with E-state index in [-0.39, 0.29) is 30.8 Å². The number of hydrogen-bond acceptors (Lipinski definition) is 4. The predicted octanol–water partition coefficient (Wildman–Crippen LogP) is 2.39. The van der Waals surface area contributed by atoms with E-state index in [1.807, 2.05) is 20.8 Å². The third-order valence-electron chi connectivity index (χ3n) is 3.82. The molecule has 23 heavy (non-hydrogen) atoms. The lowest BCUT2D eigenvalue weighted by molar-refractivity contribution is -0.121. The van der Waals surface area contributed by atoms with Crippen LogP contribution in [-0.2, 0) is 4.79 Å². The fourth-order valence-corrected chi connectivity index (χ4v) is 2.38. The molecule has 1 aromatic carbocycles. The molecule has 0 radical (unpaired) electrons. The molecule has 0 aliphatic carbocycles. The van der Waals surface area contributed by atoms with E-state index in [1.165, 1.54) is 6.07 Å². The Morgan fingerprint density at radius 1 is 1.48 bits per heavy atom. The fraction of sp³-hybridized carbons (Fsp3) is 0.529. The predicted molar refractivity (Wildman–Crippen MR) is 86.0 cm³/mol. The van der Waals surface area contributed by atoms with Gasteiger partial charge < -0.3 is 9.84 Å². The minimum Gasteiger partial charge on any atom is -0.490 e. The topological polar surface area (TPSA) is 70.9 Å². The number of benzene rings is 1. The second-order valence-electron chi connectivity index (χ2n) is 6.85. The molecule has 1 amide bonds. The molecule has 2 rings (SSSR count). The fourth-order valence-electron chi connectivity index (χ4n) is 2.38. The van der Waals surface area contributed by atoms with Gasteiger partial charge in [-0.15, -0.1) is 0 Å². The zero-order valence-electron chi connectivity index (χ0n) is 13.9. The van der Waals surface area contributed by atoms with Gasteiger partial charge in [0, 0.05) is 23.3 Å². The summed E-state index contributed by atoms with van der Waals surface area (Å²) in [6.07, 6.45) is 0.336. The van der Waals surface area contributed by atoms with Crippen LogP contribution in [0.15, 0.2) is 17.2 Å². The van der Waals surface area contributed by atoms with Gasteiger partial charge in [0.05, 0.1) is 18.9 Å². The number of carbonyl (C=O) groups is 1. The highest BCUT2D eigenvalue weighted by Crippen LogP contribution is 2.28. The molecule has 1 aliphatic heterocycles. The molecule has 5 nitrogen and oxygen atoms in total. The largest absolute Gasteiger partial charge is 0.490 e. The minimum atomic E-state index is -0.472. The van der Waals surface area contributed by atoms with Gasteiger partial charge in [-0.25, -0.2) is 9.82 Å². The number of aliphatic hydroxyl groups excluding tert-OH is 1. The Bertz CT molecular complexity index is 618. The number of hydrazone groups is 1. The third kappa shape index (κ3) is 4.07. The molecule has 0 fully saturated rings. The lowest BCUT2D eigenvalue weighted by Gasteiger charge is -2.23. The van der Waals surface area contributed by atoms with Crippen molar-refractivity contribution in [2.75, 3.05) is 13.2 Å². The Kier molecular flexibility index (Phi) is 5.04. The van der Waals surface area contributed by atoms with Crippen molar-refractivity contribution in [2.45, 2.75) is 34.1 Å². The number of aryl methyl sites for hydroxylation is 1. The zero-order valence-corrected chi connectivity index (χ0v) is 13.9. The first-order valence-electron chi connectivity index (χ1n) is 7.64. The van der Waals surface area contributed by atoms with Crippen LogP contribution < -0.4 is 10.2 Å². The van der Waals surface area contributed by atoms with Crippen LogP contribution in [0.25, 0.3) is 0 Å².